The molecule has 5 rings (SSSR count). The third-order valence-corrected chi connectivity index (χ3v) is 6.82. The summed E-state index contributed by atoms with van der Waals surface area (Å²) >= 11 is 12.2. The Morgan fingerprint density at radius 1 is 1.10 bits per heavy atom. The predicted molar refractivity (Wildman–Crippen MR) is 120 cm³/mol. The van der Waals surface area contributed by atoms with Gasteiger partial charge in [-0.2, -0.15) is 15.2 Å². The van der Waals surface area contributed by atoms with E-state index in [0.29, 0.717) is 39.7 Å². The molecule has 9 heteroatoms. The van der Waals surface area contributed by atoms with Gasteiger partial charge in [-0.15, -0.1) is 5.10 Å². The number of fused-ring (bicyclic) bond motifs is 2. The van der Waals surface area contributed by atoms with Crippen molar-refractivity contribution < 1.29 is 4.74 Å². The number of ether oxygens (including phenoxy) is 1. The van der Waals surface area contributed by atoms with Crippen LogP contribution < -0.4 is 9.64 Å². The summed E-state index contributed by atoms with van der Waals surface area (Å²) in [5.74, 6) is 3.29. The maximum Gasteiger partial charge on any atom is 0.320 e. The topological polar surface area (TPSA) is 69.0 Å². The van der Waals surface area contributed by atoms with Gasteiger partial charge in [-0.1, -0.05) is 23.2 Å². The molecule has 0 radical (unpaired) electrons. The number of aryl methyl sites for hydroxylation is 2. The highest BCUT2D eigenvalue weighted by molar-refractivity contribution is 6.30. The lowest BCUT2D eigenvalue weighted by Gasteiger charge is -2.38. The lowest BCUT2D eigenvalue weighted by atomic mass is 9.82. The summed E-state index contributed by atoms with van der Waals surface area (Å²) < 4.78 is 7.67. The number of hydrogen-bond donors (Lipinski definition) is 0. The van der Waals surface area contributed by atoms with E-state index in [0.717, 1.165) is 36.6 Å². The van der Waals surface area contributed by atoms with E-state index in [1.54, 1.807) is 16.9 Å². The Labute approximate surface area is 191 Å². The van der Waals surface area contributed by atoms with Crippen molar-refractivity contribution in [3.63, 3.8) is 0 Å². The zero-order valence-electron chi connectivity index (χ0n) is 17.5. The summed E-state index contributed by atoms with van der Waals surface area (Å²) in [7, 11) is 1.86. The van der Waals surface area contributed by atoms with Crippen molar-refractivity contribution in [2.75, 3.05) is 18.0 Å². The smallest absolute Gasteiger partial charge is 0.320 e. The molecule has 1 aliphatic carbocycles. The van der Waals surface area contributed by atoms with Crippen LogP contribution in [0.1, 0.15) is 24.2 Å². The molecule has 0 amide bonds. The molecule has 1 saturated carbocycles. The molecule has 0 spiro atoms. The van der Waals surface area contributed by atoms with E-state index in [9.17, 15) is 0 Å². The van der Waals surface area contributed by atoms with Crippen LogP contribution in [-0.2, 0) is 13.5 Å². The zero-order valence-corrected chi connectivity index (χ0v) is 19.0. The van der Waals surface area contributed by atoms with Crippen LogP contribution >= 0.6 is 23.2 Å². The molecule has 2 aliphatic rings. The van der Waals surface area contributed by atoms with Crippen LogP contribution in [0.15, 0.2) is 30.5 Å². The van der Waals surface area contributed by atoms with E-state index < -0.39 is 0 Å². The minimum atomic E-state index is 0.437. The van der Waals surface area contributed by atoms with Gasteiger partial charge in [0.25, 0.3) is 0 Å². The fourth-order valence-corrected chi connectivity index (χ4v) is 5.49. The standard InChI is InChI=1S/C22H24Cl2N6O/c1-13-5-16(23)7-18(6-13)31-22-26-21(28-29(22)2)9-19-14-3-4-15(19)12-30(11-14)17-8-20(24)27-25-10-17/h5-8,10,14-15,19H,3-4,9,11-12H2,1-2H3. The van der Waals surface area contributed by atoms with Gasteiger partial charge in [-0.25, -0.2) is 4.68 Å². The third-order valence-electron chi connectivity index (χ3n) is 6.41. The van der Waals surface area contributed by atoms with Crippen molar-refractivity contribution in [2.45, 2.75) is 26.2 Å². The third kappa shape index (κ3) is 4.34. The molecule has 3 aromatic rings. The van der Waals surface area contributed by atoms with E-state index >= 15 is 0 Å². The molecule has 1 saturated heterocycles. The number of nitrogens with zero attached hydrogens (tertiary/aromatic N) is 6. The van der Waals surface area contributed by atoms with Gasteiger partial charge >= 0.3 is 6.01 Å². The van der Waals surface area contributed by atoms with Crippen molar-refractivity contribution >= 4 is 28.9 Å². The van der Waals surface area contributed by atoms with E-state index in [-0.39, 0.29) is 0 Å². The number of piperidine rings is 1. The first-order chi connectivity index (χ1) is 14.9. The number of anilines is 1. The summed E-state index contributed by atoms with van der Waals surface area (Å²) in [6.07, 6.45) is 5.13. The summed E-state index contributed by atoms with van der Waals surface area (Å²) in [5, 5.41) is 13.6. The first kappa shape index (κ1) is 20.5. The van der Waals surface area contributed by atoms with Crippen molar-refractivity contribution in [3.8, 4) is 11.8 Å². The van der Waals surface area contributed by atoms with Gasteiger partial charge in [-0.05, 0) is 61.3 Å². The molecule has 2 aromatic heterocycles. The molecule has 162 valence electrons. The summed E-state index contributed by atoms with van der Waals surface area (Å²) in [4.78, 5) is 7.07. The Balaban J connectivity index is 1.28. The van der Waals surface area contributed by atoms with Gasteiger partial charge in [0.1, 0.15) is 5.75 Å². The summed E-state index contributed by atoms with van der Waals surface area (Å²) in [5.41, 5.74) is 2.10. The molecule has 3 heterocycles. The maximum absolute atomic E-state index is 6.15. The second-order valence-corrected chi connectivity index (χ2v) is 9.43. The monoisotopic (exact) mass is 458 g/mol. The van der Waals surface area contributed by atoms with Crippen LogP contribution in [0.3, 0.4) is 0 Å². The van der Waals surface area contributed by atoms with E-state index in [2.05, 4.69) is 25.2 Å². The highest BCUT2D eigenvalue weighted by atomic mass is 35.5. The number of hydrogen-bond acceptors (Lipinski definition) is 6. The first-order valence-electron chi connectivity index (χ1n) is 10.5. The van der Waals surface area contributed by atoms with Gasteiger partial charge in [0, 0.05) is 37.6 Å². The second-order valence-electron chi connectivity index (χ2n) is 8.61. The summed E-state index contributed by atoms with van der Waals surface area (Å²) in [6, 6.07) is 8.01. The molecule has 0 N–H and O–H groups in total. The molecule has 2 atom stereocenters. The lowest BCUT2D eigenvalue weighted by Crippen LogP contribution is -2.42. The highest BCUT2D eigenvalue weighted by Crippen LogP contribution is 2.44. The largest absolute Gasteiger partial charge is 0.424 e. The Bertz CT molecular complexity index is 1070. The number of benzene rings is 1. The van der Waals surface area contributed by atoms with Crippen molar-refractivity contribution in [3.05, 3.63) is 52.0 Å². The zero-order chi connectivity index (χ0) is 21.5. The second kappa shape index (κ2) is 8.28. The number of halogens is 2. The normalized spacial score (nSPS) is 22.7. The molecular weight excluding hydrogens is 435 g/mol. The van der Waals surface area contributed by atoms with Gasteiger partial charge in [0.05, 0.1) is 11.9 Å². The van der Waals surface area contributed by atoms with Crippen LogP contribution in [0.2, 0.25) is 10.2 Å². The van der Waals surface area contributed by atoms with E-state index in [1.165, 1.54) is 12.8 Å². The van der Waals surface area contributed by atoms with Gasteiger partial charge in [0.2, 0.25) is 0 Å². The Hall–Kier alpha value is -2.38. The number of aromatic nitrogens is 5. The van der Waals surface area contributed by atoms with Crippen molar-refractivity contribution in [2.24, 2.45) is 24.8 Å². The molecule has 1 aromatic carbocycles. The van der Waals surface area contributed by atoms with Crippen LogP contribution in [0.5, 0.6) is 11.8 Å². The molecular formula is C22H24Cl2N6O. The Morgan fingerprint density at radius 2 is 1.87 bits per heavy atom. The molecule has 2 bridgehead atoms. The van der Waals surface area contributed by atoms with Gasteiger partial charge in [-0.3, -0.25) is 0 Å². The van der Waals surface area contributed by atoms with Gasteiger partial charge < -0.3 is 9.64 Å². The van der Waals surface area contributed by atoms with Crippen LogP contribution in [0.4, 0.5) is 5.69 Å². The molecule has 2 fully saturated rings. The van der Waals surface area contributed by atoms with E-state index in [4.69, 9.17) is 27.9 Å². The van der Waals surface area contributed by atoms with Crippen molar-refractivity contribution in [1.82, 2.24) is 25.0 Å². The van der Waals surface area contributed by atoms with Crippen LogP contribution in [0, 0.1) is 24.7 Å². The quantitative estimate of drug-likeness (QED) is 0.550. The highest BCUT2D eigenvalue weighted by Gasteiger charge is 2.42. The van der Waals surface area contributed by atoms with E-state index in [1.807, 2.05) is 32.2 Å². The lowest BCUT2D eigenvalue weighted by molar-refractivity contribution is 0.265. The van der Waals surface area contributed by atoms with Gasteiger partial charge in [0.15, 0.2) is 11.0 Å². The van der Waals surface area contributed by atoms with Crippen LogP contribution in [0.25, 0.3) is 0 Å². The Morgan fingerprint density at radius 3 is 2.58 bits per heavy atom. The van der Waals surface area contributed by atoms with Crippen molar-refractivity contribution in [1.29, 1.82) is 0 Å². The fourth-order valence-electron chi connectivity index (χ4n) is 5.06. The first-order valence-corrected chi connectivity index (χ1v) is 11.3. The maximum atomic E-state index is 6.15. The summed E-state index contributed by atoms with van der Waals surface area (Å²) in [6.45, 7) is 3.99. The predicted octanol–water partition coefficient (Wildman–Crippen LogP) is 4.72. The average molecular weight is 459 g/mol. The minimum absolute atomic E-state index is 0.437. The molecule has 31 heavy (non-hydrogen) atoms. The fraction of sp³-hybridized carbons (Fsp3) is 0.455. The average Bonchev–Trinajstić information content (AvgIpc) is 3.15. The Kier molecular flexibility index (Phi) is 5.48. The van der Waals surface area contributed by atoms with Crippen LogP contribution in [-0.4, -0.2) is 38.1 Å². The molecule has 1 aliphatic heterocycles. The SMILES string of the molecule is Cc1cc(Cl)cc(Oc2nc(CC3C4CCC3CN(c3cnnc(Cl)c3)C4)nn2C)c1. The molecule has 2 unspecified atom stereocenters. The number of rotatable bonds is 5. The minimum Gasteiger partial charge on any atom is -0.424 e. The molecule has 7 nitrogen and oxygen atoms in total.